The normalized spacial score (nSPS) is 12.5. The van der Waals surface area contributed by atoms with Crippen molar-refractivity contribution in [3.63, 3.8) is 0 Å². The lowest BCUT2D eigenvalue weighted by Gasteiger charge is -2.13. The van der Waals surface area contributed by atoms with Gasteiger partial charge in [-0.25, -0.2) is 0 Å². The fraction of sp³-hybridized carbons (Fsp3) is 0.571. The molecule has 0 spiro atoms. The molecule has 17 heavy (non-hydrogen) atoms. The summed E-state index contributed by atoms with van der Waals surface area (Å²) in [6, 6.07) is 6.31. The molecule has 0 saturated carbocycles. The van der Waals surface area contributed by atoms with Crippen LogP contribution in [0.3, 0.4) is 0 Å². The van der Waals surface area contributed by atoms with E-state index in [9.17, 15) is 0 Å². The summed E-state index contributed by atoms with van der Waals surface area (Å²) >= 11 is 3.52. The van der Waals surface area contributed by atoms with Crippen molar-refractivity contribution in [2.45, 2.75) is 26.7 Å². The van der Waals surface area contributed by atoms with Gasteiger partial charge in [0.15, 0.2) is 0 Å². The predicted octanol–water partition coefficient (Wildman–Crippen LogP) is 3.64. The molecule has 3 heteroatoms. The molecule has 0 heterocycles. The van der Waals surface area contributed by atoms with E-state index in [0.29, 0.717) is 5.92 Å². The molecule has 0 aliphatic rings. The van der Waals surface area contributed by atoms with Crippen molar-refractivity contribution in [3.8, 4) is 5.75 Å². The monoisotopic (exact) mass is 299 g/mol. The summed E-state index contributed by atoms with van der Waals surface area (Å²) in [4.78, 5) is 0. The summed E-state index contributed by atoms with van der Waals surface area (Å²) in [6.07, 6.45) is 2.29. The third-order valence-electron chi connectivity index (χ3n) is 2.72. The van der Waals surface area contributed by atoms with Gasteiger partial charge in [-0.3, -0.25) is 0 Å². The number of ether oxygens (including phenoxy) is 1. The van der Waals surface area contributed by atoms with Gasteiger partial charge in [0.05, 0.1) is 11.6 Å². The Balaban J connectivity index is 2.48. The Hall–Kier alpha value is -0.540. The van der Waals surface area contributed by atoms with E-state index in [1.165, 1.54) is 12.0 Å². The summed E-state index contributed by atoms with van der Waals surface area (Å²) in [7, 11) is 1.69. The minimum atomic E-state index is 0.654. The number of methoxy groups -OCH3 is 1. The van der Waals surface area contributed by atoms with Gasteiger partial charge < -0.3 is 10.1 Å². The summed E-state index contributed by atoms with van der Waals surface area (Å²) in [5.41, 5.74) is 1.35. The highest BCUT2D eigenvalue weighted by atomic mass is 79.9. The van der Waals surface area contributed by atoms with E-state index < -0.39 is 0 Å². The maximum atomic E-state index is 5.23. The van der Waals surface area contributed by atoms with Gasteiger partial charge in [0.2, 0.25) is 0 Å². The summed E-state index contributed by atoms with van der Waals surface area (Å²) in [5, 5.41) is 3.46. The van der Waals surface area contributed by atoms with Crippen LogP contribution >= 0.6 is 15.9 Å². The minimum Gasteiger partial charge on any atom is -0.496 e. The summed E-state index contributed by atoms with van der Waals surface area (Å²) < 4.78 is 6.26. The van der Waals surface area contributed by atoms with Gasteiger partial charge in [0, 0.05) is 0 Å². The van der Waals surface area contributed by atoms with E-state index in [4.69, 9.17) is 4.74 Å². The largest absolute Gasteiger partial charge is 0.496 e. The second-order valence-corrected chi connectivity index (χ2v) is 5.34. The maximum absolute atomic E-state index is 5.23. The Labute approximate surface area is 113 Å². The van der Waals surface area contributed by atoms with Gasteiger partial charge in [0.25, 0.3) is 0 Å². The smallest absolute Gasteiger partial charge is 0.133 e. The van der Waals surface area contributed by atoms with Crippen LogP contribution in [0.1, 0.15) is 25.8 Å². The van der Waals surface area contributed by atoms with Crippen LogP contribution in [0.4, 0.5) is 0 Å². The van der Waals surface area contributed by atoms with Crippen molar-refractivity contribution in [2.24, 2.45) is 5.92 Å². The van der Waals surface area contributed by atoms with E-state index in [0.717, 1.165) is 29.7 Å². The third kappa shape index (κ3) is 5.09. The topological polar surface area (TPSA) is 21.3 Å². The van der Waals surface area contributed by atoms with E-state index in [1.54, 1.807) is 7.11 Å². The van der Waals surface area contributed by atoms with Crippen molar-refractivity contribution >= 4 is 15.9 Å². The Morgan fingerprint density at radius 1 is 1.41 bits per heavy atom. The number of hydrogen-bond donors (Lipinski definition) is 1. The van der Waals surface area contributed by atoms with Crippen LogP contribution in [0.25, 0.3) is 0 Å². The maximum Gasteiger partial charge on any atom is 0.133 e. The molecule has 1 aromatic rings. The zero-order chi connectivity index (χ0) is 12.7. The molecule has 1 atom stereocenters. The molecule has 0 radical (unpaired) electrons. The van der Waals surface area contributed by atoms with Crippen molar-refractivity contribution in [1.82, 2.24) is 5.32 Å². The highest BCUT2D eigenvalue weighted by Crippen LogP contribution is 2.26. The zero-order valence-corrected chi connectivity index (χ0v) is 12.5. The molecule has 0 aliphatic heterocycles. The number of halogens is 1. The molecule has 1 unspecified atom stereocenters. The molecular weight excluding hydrogens is 278 g/mol. The van der Waals surface area contributed by atoms with Crippen LogP contribution < -0.4 is 10.1 Å². The van der Waals surface area contributed by atoms with Crippen LogP contribution in [0, 0.1) is 5.92 Å². The first-order valence-corrected chi connectivity index (χ1v) is 6.99. The Kier molecular flexibility index (Phi) is 6.60. The molecule has 96 valence electrons. The van der Waals surface area contributed by atoms with E-state index in [2.05, 4.69) is 47.2 Å². The average Bonchev–Trinajstić information content (AvgIpc) is 2.29. The molecule has 0 amide bonds. The summed E-state index contributed by atoms with van der Waals surface area (Å²) in [6.45, 7) is 6.66. The van der Waals surface area contributed by atoms with E-state index in [1.807, 2.05) is 6.07 Å². The third-order valence-corrected chi connectivity index (χ3v) is 3.34. The SMILES string of the molecule is CCCNCC(C)Cc1ccc(OC)c(Br)c1. The Morgan fingerprint density at radius 3 is 2.76 bits per heavy atom. The van der Waals surface area contributed by atoms with Gasteiger partial charge in [0.1, 0.15) is 5.75 Å². The number of hydrogen-bond acceptors (Lipinski definition) is 2. The second kappa shape index (κ2) is 7.72. The number of benzene rings is 1. The molecular formula is C14H22BrNO. The van der Waals surface area contributed by atoms with Crippen LogP contribution in [0.5, 0.6) is 5.75 Å². The van der Waals surface area contributed by atoms with Crippen LogP contribution in [0.2, 0.25) is 0 Å². The molecule has 0 bridgehead atoms. The highest BCUT2D eigenvalue weighted by Gasteiger charge is 2.06. The fourth-order valence-electron chi connectivity index (χ4n) is 1.84. The molecule has 1 aromatic carbocycles. The molecule has 0 saturated heterocycles. The lowest BCUT2D eigenvalue weighted by molar-refractivity contribution is 0.411. The molecule has 1 N–H and O–H groups in total. The Morgan fingerprint density at radius 2 is 2.18 bits per heavy atom. The summed E-state index contributed by atoms with van der Waals surface area (Å²) in [5.74, 6) is 1.55. The molecule has 0 aliphatic carbocycles. The first kappa shape index (κ1) is 14.5. The van der Waals surface area contributed by atoms with E-state index in [-0.39, 0.29) is 0 Å². The van der Waals surface area contributed by atoms with Gasteiger partial charge in [-0.05, 0) is 65.5 Å². The van der Waals surface area contributed by atoms with Crippen molar-refractivity contribution in [2.75, 3.05) is 20.2 Å². The van der Waals surface area contributed by atoms with Gasteiger partial charge in [-0.1, -0.05) is 19.9 Å². The first-order valence-electron chi connectivity index (χ1n) is 6.20. The first-order chi connectivity index (χ1) is 8.17. The lowest BCUT2D eigenvalue weighted by Crippen LogP contribution is -2.23. The standard InChI is InChI=1S/C14H22BrNO/c1-4-7-16-10-11(2)8-12-5-6-14(17-3)13(15)9-12/h5-6,9,11,16H,4,7-8,10H2,1-3H3. The Bertz CT molecular complexity index is 341. The zero-order valence-electron chi connectivity index (χ0n) is 10.9. The van der Waals surface area contributed by atoms with Crippen molar-refractivity contribution < 1.29 is 4.74 Å². The van der Waals surface area contributed by atoms with Crippen LogP contribution in [-0.4, -0.2) is 20.2 Å². The number of nitrogens with one attached hydrogen (secondary N) is 1. The van der Waals surface area contributed by atoms with Crippen LogP contribution in [-0.2, 0) is 6.42 Å². The highest BCUT2D eigenvalue weighted by molar-refractivity contribution is 9.10. The van der Waals surface area contributed by atoms with Crippen molar-refractivity contribution in [1.29, 1.82) is 0 Å². The van der Waals surface area contributed by atoms with Crippen molar-refractivity contribution in [3.05, 3.63) is 28.2 Å². The van der Waals surface area contributed by atoms with E-state index >= 15 is 0 Å². The lowest BCUT2D eigenvalue weighted by atomic mass is 10.0. The number of rotatable bonds is 7. The average molecular weight is 300 g/mol. The fourth-order valence-corrected chi connectivity index (χ4v) is 2.42. The molecule has 0 fully saturated rings. The van der Waals surface area contributed by atoms with Gasteiger partial charge in [-0.2, -0.15) is 0 Å². The second-order valence-electron chi connectivity index (χ2n) is 4.48. The molecule has 0 aromatic heterocycles. The van der Waals surface area contributed by atoms with Crippen LogP contribution in [0.15, 0.2) is 22.7 Å². The quantitative estimate of drug-likeness (QED) is 0.776. The minimum absolute atomic E-state index is 0.654. The molecule has 1 rings (SSSR count). The molecule has 2 nitrogen and oxygen atoms in total. The van der Waals surface area contributed by atoms with Gasteiger partial charge >= 0.3 is 0 Å². The van der Waals surface area contributed by atoms with Gasteiger partial charge in [-0.15, -0.1) is 0 Å². The predicted molar refractivity (Wildman–Crippen MR) is 76.7 cm³/mol.